The predicted molar refractivity (Wildman–Crippen MR) is 142 cm³/mol. The lowest BCUT2D eigenvalue weighted by Crippen LogP contribution is -1.90. The molecular formula is C30H28N2O2. The van der Waals surface area contributed by atoms with Crippen molar-refractivity contribution < 1.29 is 10.2 Å². The molecule has 0 bridgehead atoms. The van der Waals surface area contributed by atoms with Crippen LogP contribution in [0.1, 0.15) is 33.4 Å². The summed E-state index contributed by atoms with van der Waals surface area (Å²) in [5, 5.41) is 20.0. The number of aliphatic imine (C=N–C) groups is 2. The van der Waals surface area contributed by atoms with Crippen LogP contribution in [0, 0.1) is 27.7 Å². The summed E-state index contributed by atoms with van der Waals surface area (Å²) < 4.78 is 0. The van der Waals surface area contributed by atoms with E-state index in [4.69, 9.17) is 0 Å². The quantitative estimate of drug-likeness (QED) is 0.310. The number of rotatable bonds is 5. The number of aromatic hydroxyl groups is 2. The lowest BCUT2D eigenvalue weighted by Gasteiger charge is -2.13. The van der Waals surface area contributed by atoms with Gasteiger partial charge < -0.3 is 10.2 Å². The molecule has 0 aliphatic rings. The molecular weight excluding hydrogens is 420 g/mol. The van der Waals surface area contributed by atoms with Crippen molar-refractivity contribution >= 4 is 23.8 Å². The third-order valence-corrected chi connectivity index (χ3v) is 5.85. The van der Waals surface area contributed by atoms with E-state index >= 15 is 0 Å². The molecule has 4 aromatic carbocycles. The SMILES string of the molecule is Cc1cc(-c2cc(C)c(N=Cc3ccccc3O)c(C)c2)cc(C)c1N=Cc1ccccc1O. The Hall–Kier alpha value is -4.18. The molecule has 4 heteroatoms. The van der Waals surface area contributed by atoms with E-state index < -0.39 is 0 Å². The van der Waals surface area contributed by atoms with Crippen molar-refractivity contribution in [2.45, 2.75) is 27.7 Å². The van der Waals surface area contributed by atoms with Gasteiger partial charge in [-0.05, 0) is 110 Å². The Morgan fingerprint density at radius 1 is 0.529 bits per heavy atom. The van der Waals surface area contributed by atoms with Crippen LogP contribution in [0.5, 0.6) is 11.5 Å². The summed E-state index contributed by atoms with van der Waals surface area (Å²) in [6.45, 7) is 8.22. The van der Waals surface area contributed by atoms with E-state index in [1.165, 1.54) is 0 Å². The van der Waals surface area contributed by atoms with Crippen molar-refractivity contribution in [3.05, 3.63) is 106 Å². The molecule has 0 aromatic heterocycles. The fourth-order valence-corrected chi connectivity index (χ4v) is 4.11. The maximum Gasteiger partial charge on any atom is 0.124 e. The van der Waals surface area contributed by atoms with E-state index in [2.05, 4.69) is 61.9 Å². The van der Waals surface area contributed by atoms with E-state index in [0.29, 0.717) is 11.1 Å². The van der Waals surface area contributed by atoms with Gasteiger partial charge in [-0.15, -0.1) is 0 Å². The monoisotopic (exact) mass is 448 g/mol. The fraction of sp³-hybridized carbons (Fsp3) is 0.133. The molecule has 2 N–H and O–H groups in total. The highest BCUT2D eigenvalue weighted by Crippen LogP contribution is 2.34. The Balaban J connectivity index is 1.65. The Labute approximate surface area is 200 Å². The highest BCUT2D eigenvalue weighted by molar-refractivity contribution is 5.87. The average Bonchev–Trinajstić information content (AvgIpc) is 2.80. The summed E-state index contributed by atoms with van der Waals surface area (Å²) >= 11 is 0. The van der Waals surface area contributed by atoms with Crippen molar-refractivity contribution in [3.63, 3.8) is 0 Å². The Bertz CT molecular complexity index is 1260. The Kier molecular flexibility index (Phi) is 6.60. The van der Waals surface area contributed by atoms with Crippen LogP contribution in [0.15, 0.2) is 82.8 Å². The van der Waals surface area contributed by atoms with E-state index in [1.54, 1.807) is 36.7 Å². The van der Waals surface area contributed by atoms with Crippen LogP contribution in [0.4, 0.5) is 11.4 Å². The third-order valence-electron chi connectivity index (χ3n) is 5.85. The van der Waals surface area contributed by atoms with Crippen LogP contribution in [-0.4, -0.2) is 22.6 Å². The number of para-hydroxylation sites is 2. The van der Waals surface area contributed by atoms with Crippen molar-refractivity contribution in [2.75, 3.05) is 0 Å². The number of phenols is 2. The van der Waals surface area contributed by atoms with E-state index in [9.17, 15) is 10.2 Å². The first-order valence-electron chi connectivity index (χ1n) is 11.2. The maximum absolute atomic E-state index is 10.00. The smallest absolute Gasteiger partial charge is 0.124 e. The molecule has 0 fully saturated rings. The molecule has 170 valence electrons. The minimum Gasteiger partial charge on any atom is -0.507 e. The van der Waals surface area contributed by atoms with Gasteiger partial charge in [0.05, 0.1) is 11.4 Å². The second kappa shape index (κ2) is 9.75. The topological polar surface area (TPSA) is 65.2 Å². The molecule has 0 heterocycles. The van der Waals surface area contributed by atoms with Crippen molar-refractivity contribution in [2.24, 2.45) is 9.98 Å². The highest BCUT2D eigenvalue weighted by Gasteiger charge is 2.10. The van der Waals surface area contributed by atoms with Crippen LogP contribution in [0.25, 0.3) is 11.1 Å². The summed E-state index contributed by atoms with van der Waals surface area (Å²) in [7, 11) is 0. The summed E-state index contributed by atoms with van der Waals surface area (Å²) in [5.41, 5.74) is 9.72. The summed E-state index contributed by atoms with van der Waals surface area (Å²) in [5.74, 6) is 0.434. The predicted octanol–water partition coefficient (Wildman–Crippen LogP) is 7.50. The Morgan fingerprint density at radius 3 is 1.18 bits per heavy atom. The number of phenolic OH excluding ortho intramolecular Hbond substituents is 2. The molecule has 0 saturated heterocycles. The van der Waals surface area contributed by atoms with Gasteiger partial charge in [-0.25, -0.2) is 0 Å². The van der Waals surface area contributed by atoms with Crippen molar-refractivity contribution in [1.82, 2.24) is 0 Å². The number of hydrogen-bond donors (Lipinski definition) is 2. The van der Waals surface area contributed by atoms with E-state index in [1.807, 2.05) is 24.3 Å². The zero-order valence-electron chi connectivity index (χ0n) is 19.9. The molecule has 4 aromatic rings. The zero-order chi connectivity index (χ0) is 24.2. The molecule has 0 aliphatic heterocycles. The molecule has 0 unspecified atom stereocenters. The van der Waals surface area contributed by atoms with Gasteiger partial charge in [0.15, 0.2) is 0 Å². The maximum atomic E-state index is 10.00. The number of aryl methyl sites for hydroxylation is 4. The molecule has 0 saturated carbocycles. The second-order valence-corrected chi connectivity index (χ2v) is 8.55. The summed E-state index contributed by atoms with van der Waals surface area (Å²) in [4.78, 5) is 9.31. The summed E-state index contributed by atoms with van der Waals surface area (Å²) in [6, 6.07) is 22.9. The third kappa shape index (κ3) is 4.91. The minimum absolute atomic E-state index is 0.217. The van der Waals surface area contributed by atoms with Gasteiger partial charge in [0.2, 0.25) is 0 Å². The van der Waals surface area contributed by atoms with Gasteiger partial charge in [-0.1, -0.05) is 24.3 Å². The normalized spacial score (nSPS) is 11.5. The largest absolute Gasteiger partial charge is 0.507 e. The Morgan fingerprint density at radius 2 is 0.853 bits per heavy atom. The number of hydrogen-bond acceptors (Lipinski definition) is 4. The zero-order valence-corrected chi connectivity index (χ0v) is 19.9. The van der Waals surface area contributed by atoms with Gasteiger partial charge in [0.25, 0.3) is 0 Å². The van der Waals surface area contributed by atoms with Crippen LogP contribution in [0.2, 0.25) is 0 Å². The van der Waals surface area contributed by atoms with Crippen LogP contribution in [0.3, 0.4) is 0 Å². The molecule has 0 amide bonds. The molecule has 0 aliphatic carbocycles. The highest BCUT2D eigenvalue weighted by atomic mass is 16.3. The first kappa shape index (κ1) is 23.0. The fourth-order valence-electron chi connectivity index (χ4n) is 4.11. The first-order valence-corrected chi connectivity index (χ1v) is 11.2. The van der Waals surface area contributed by atoms with Crippen LogP contribution >= 0.6 is 0 Å². The van der Waals surface area contributed by atoms with Gasteiger partial charge in [0, 0.05) is 23.6 Å². The van der Waals surface area contributed by atoms with Crippen LogP contribution in [-0.2, 0) is 0 Å². The number of benzene rings is 4. The minimum atomic E-state index is 0.217. The molecule has 4 rings (SSSR count). The van der Waals surface area contributed by atoms with Gasteiger partial charge in [0.1, 0.15) is 11.5 Å². The molecule has 0 radical (unpaired) electrons. The molecule has 0 atom stereocenters. The summed E-state index contributed by atoms with van der Waals surface area (Å²) in [6.07, 6.45) is 3.41. The molecule has 4 nitrogen and oxygen atoms in total. The first-order chi connectivity index (χ1) is 16.3. The average molecular weight is 449 g/mol. The standard InChI is InChI=1S/C30H28N2O2/c1-19-13-25(14-20(2)29(19)31-17-23-9-5-7-11-27(23)33)26-15-21(3)30(22(4)16-26)32-18-24-10-6-8-12-28(24)34/h5-18,33-34H,1-4H3. The molecule has 0 spiro atoms. The van der Waals surface area contributed by atoms with E-state index in [-0.39, 0.29) is 11.5 Å². The second-order valence-electron chi connectivity index (χ2n) is 8.55. The van der Waals surface area contributed by atoms with Gasteiger partial charge in [-0.2, -0.15) is 0 Å². The van der Waals surface area contributed by atoms with Gasteiger partial charge >= 0.3 is 0 Å². The van der Waals surface area contributed by atoms with E-state index in [0.717, 1.165) is 44.8 Å². The lowest BCUT2D eigenvalue weighted by atomic mass is 9.95. The lowest BCUT2D eigenvalue weighted by molar-refractivity contribution is 0.474. The van der Waals surface area contributed by atoms with Crippen LogP contribution < -0.4 is 0 Å². The number of nitrogens with zero attached hydrogens (tertiary/aromatic N) is 2. The molecule has 34 heavy (non-hydrogen) atoms. The van der Waals surface area contributed by atoms with Crippen molar-refractivity contribution in [3.8, 4) is 22.6 Å². The van der Waals surface area contributed by atoms with Crippen molar-refractivity contribution in [1.29, 1.82) is 0 Å². The van der Waals surface area contributed by atoms with Gasteiger partial charge in [-0.3, -0.25) is 9.98 Å².